The molecule has 5 rings (SSSR count). The number of aldehydes is 1. The average Bonchev–Trinajstić information content (AvgIpc) is 3.18. The molecule has 4 aromatic rings. The highest BCUT2D eigenvalue weighted by atomic mass is 19.1. The lowest BCUT2D eigenvalue weighted by Gasteiger charge is -2.08. The van der Waals surface area contributed by atoms with E-state index in [1.807, 2.05) is 12.1 Å². The fourth-order valence-electron chi connectivity index (χ4n) is 3.34. The second kappa shape index (κ2) is 7.31. The van der Waals surface area contributed by atoms with Crippen molar-refractivity contribution in [1.82, 2.24) is 29.7 Å². The van der Waals surface area contributed by atoms with Gasteiger partial charge in [0, 0.05) is 30.8 Å². The summed E-state index contributed by atoms with van der Waals surface area (Å²) in [4.78, 5) is 27.9. The van der Waals surface area contributed by atoms with Gasteiger partial charge >= 0.3 is 0 Å². The lowest BCUT2D eigenvalue weighted by molar-refractivity contribution is 0.0940. The first-order chi connectivity index (χ1) is 15.1. The number of halogens is 1. The van der Waals surface area contributed by atoms with E-state index in [0.717, 1.165) is 12.0 Å². The van der Waals surface area contributed by atoms with Gasteiger partial charge in [0.25, 0.3) is 5.91 Å². The SMILES string of the molecule is CNc1cc(-c2cnn(-c3cccc(C=O)c3)c2)nn2c(C(=O)NC3CC3F)cnc12. The molecule has 1 aromatic carbocycles. The fraction of sp³-hybridized carbons (Fsp3) is 0.190. The van der Waals surface area contributed by atoms with Gasteiger partial charge in [-0.2, -0.15) is 10.2 Å². The molecule has 3 aromatic heterocycles. The van der Waals surface area contributed by atoms with Crippen LogP contribution in [0.15, 0.2) is 48.9 Å². The summed E-state index contributed by atoms with van der Waals surface area (Å²) >= 11 is 0. The number of carbonyl (C=O) groups is 2. The van der Waals surface area contributed by atoms with Gasteiger partial charge in [-0.3, -0.25) is 9.59 Å². The molecule has 31 heavy (non-hydrogen) atoms. The number of hydrogen-bond acceptors (Lipinski definition) is 6. The van der Waals surface area contributed by atoms with Gasteiger partial charge in [0.05, 0.1) is 35.5 Å². The van der Waals surface area contributed by atoms with E-state index in [1.54, 1.807) is 42.3 Å². The Morgan fingerprint density at radius 1 is 1.29 bits per heavy atom. The second-order valence-electron chi connectivity index (χ2n) is 7.29. The van der Waals surface area contributed by atoms with E-state index < -0.39 is 18.1 Å². The van der Waals surface area contributed by atoms with Gasteiger partial charge in [0.15, 0.2) is 11.3 Å². The van der Waals surface area contributed by atoms with Gasteiger partial charge in [-0.15, -0.1) is 0 Å². The lowest BCUT2D eigenvalue weighted by atomic mass is 10.2. The van der Waals surface area contributed by atoms with Crippen LogP contribution in [0.3, 0.4) is 0 Å². The molecule has 0 spiro atoms. The number of alkyl halides is 1. The highest BCUT2D eigenvalue weighted by Gasteiger charge is 2.39. The molecular formula is C21H18FN7O2. The fourth-order valence-corrected chi connectivity index (χ4v) is 3.34. The van der Waals surface area contributed by atoms with Crippen molar-refractivity contribution in [1.29, 1.82) is 0 Å². The Labute approximate surface area is 175 Å². The van der Waals surface area contributed by atoms with Gasteiger partial charge in [-0.05, 0) is 18.2 Å². The van der Waals surface area contributed by atoms with Crippen LogP contribution < -0.4 is 10.6 Å². The molecule has 0 radical (unpaired) electrons. The molecule has 156 valence electrons. The van der Waals surface area contributed by atoms with Crippen LogP contribution in [0.4, 0.5) is 10.1 Å². The summed E-state index contributed by atoms with van der Waals surface area (Å²) in [6, 6.07) is 8.42. The summed E-state index contributed by atoms with van der Waals surface area (Å²) in [5.41, 5.74) is 3.94. The Morgan fingerprint density at radius 2 is 2.13 bits per heavy atom. The minimum absolute atomic E-state index is 0.221. The molecule has 1 fully saturated rings. The molecule has 1 amide bonds. The average molecular weight is 419 g/mol. The van der Waals surface area contributed by atoms with Gasteiger partial charge < -0.3 is 10.6 Å². The predicted octanol–water partition coefficient (Wildman–Crippen LogP) is 2.28. The molecule has 3 heterocycles. The number of benzene rings is 1. The maximum atomic E-state index is 13.2. The number of hydrogen-bond donors (Lipinski definition) is 2. The van der Waals surface area contributed by atoms with Gasteiger partial charge in [-0.25, -0.2) is 18.6 Å². The van der Waals surface area contributed by atoms with Crippen LogP contribution in [0, 0.1) is 0 Å². The van der Waals surface area contributed by atoms with Crippen molar-refractivity contribution >= 4 is 23.5 Å². The monoisotopic (exact) mass is 419 g/mol. The molecule has 1 aliphatic rings. The Balaban J connectivity index is 1.54. The zero-order valence-corrected chi connectivity index (χ0v) is 16.5. The predicted molar refractivity (Wildman–Crippen MR) is 111 cm³/mol. The maximum absolute atomic E-state index is 13.2. The number of rotatable bonds is 6. The Hall–Kier alpha value is -4.08. The van der Waals surface area contributed by atoms with Gasteiger partial charge in [-0.1, -0.05) is 12.1 Å². The first-order valence-electron chi connectivity index (χ1n) is 9.69. The molecule has 9 nitrogen and oxygen atoms in total. The van der Waals surface area contributed by atoms with Crippen molar-refractivity contribution in [3.05, 3.63) is 60.2 Å². The van der Waals surface area contributed by atoms with Crippen molar-refractivity contribution in [2.24, 2.45) is 0 Å². The molecule has 2 N–H and O–H groups in total. The van der Waals surface area contributed by atoms with E-state index in [9.17, 15) is 14.0 Å². The number of fused-ring (bicyclic) bond motifs is 1. The van der Waals surface area contributed by atoms with Crippen molar-refractivity contribution in [2.75, 3.05) is 12.4 Å². The number of nitrogens with zero attached hydrogens (tertiary/aromatic N) is 5. The molecular weight excluding hydrogens is 401 g/mol. The molecule has 0 bridgehead atoms. The third kappa shape index (κ3) is 3.41. The summed E-state index contributed by atoms with van der Waals surface area (Å²) in [6.45, 7) is 0. The normalized spacial score (nSPS) is 17.5. The summed E-state index contributed by atoms with van der Waals surface area (Å²) in [5.74, 6) is -0.425. The van der Waals surface area contributed by atoms with Crippen LogP contribution in [-0.4, -0.2) is 55.8 Å². The summed E-state index contributed by atoms with van der Waals surface area (Å²) in [6.07, 6.45) is 4.96. The van der Waals surface area contributed by atoms with Crippen LogP contribution in [0.5, 0.6) is 0 Å². The Bertz CT molecular complexity index is 1310. The van der Waals surface area contributed by atoms with E-state index in [2.05, 4.69) is 25.8 Å². The maximum Gasteiger partial charge on any atom is 0.271 e. The van der Waals surface area contributed by atoms with Crippen molar-refractivity contribution < 1.29 is 14.0 Å². The number of anilines is 1. The zero-order chi connectivity index (χ0) is 21.5. The standard InChI is InChI=1S/C21H18FN7O2/c1-23-18-7-16(13-8-25-28(10-13)14-4-2-3-12(5-14)11-30)27-29-19(9-24-20(18)29)21(31)26-17-6-15(17)22/h2-5,7-11,15,17,23H,6H2,1H3,(H,26,31). The highest BCUT2D eigenvalue weighted by molar-refractivity contribution is 5.94. The molecule has 0 aliphatic heterocycles. The van der Waals surface area contributed by atoms with Crippen molar-refractivity contribution in [2.45, 2.75) is 18.6 Å². The molecule has 10 heteroatoms. The van der Waals surface area contributed by atoms with Crippen molar-refractivity contribution in [3.63, 3.8) is 0 Å². The topological polar surface area (TPSA) is 106 Å². The van der Waals surface area contributed by atoms with Gasteiger partial charge in [0.1, 0.15) is 12.5 Å². The molecule has 2 unspecified atom stereocenters. The Morgan fingerprint density at radius 3 is 2.87 bits per heavy atom. The van der Waals surface area contributed by atoms with Gasteiger partial charge in [0.2, 0.25) is 0 Å². The van der Waals surface area contributed by atoms with Crippen LogP contribution >= 0.6 is 0 Å². The molecule has 0 saturated heterocycles. The van der Waals surface area contributed by atoms with E-state index in [-0.39, 0.29) is 5.69 Å². The van der Waals surface area contributed by atoms with Crippen molar-refractivity contribution in [3.8, 4) is 16.9 Å². The van der Waals surface area contributed by atoms with E-state index in [0.29, 0.717) is 34.6 Å². The van der Waals surface area contributed by atoms with Crippen LogP contribution in [0.25, 0.3) is 22.6 Å². The minimum Gasteiger partial charge on any atom is -0.385 e. The molecule has 1 aliphatic carbocycles. The molecule has 2 atom stereocenters. The minimum atomic E-state index is -0.997. The largest absolute Gasteiger partial charge is 0.385 e. The second-order valence-corrected chi connectivity index (χ2v) is 7.29. The summed E-state index contributed by atoms with van der Waals surface area (Å²) in [7, 11) is 1.75. The van der Waals surface area contributed by atoms with E-state index >= 15 is 0 Å². The van der Waals surface area contributed by atoms with E-state index in [1.165, 1.54) is 10.7 Å². The first-order valence-corrected chi connectivity index (χ1v) is 9.69. The number of nitrogens with one attached hydrogen (secondary N) is 2. The van der Waals surface area contributed by atoms with Crippen LogP contribution in [0.1, 0.15) is 27.3 Å². The number of amides is 1. The zero-order valence-electron chi connectivity index (χ0n) is 16.5. The number of carbonyl (C=O) groups excluding carboxylic acids is 2. The summed E-state index contributed by atoms with van der Waals surface area (Å²) < 4.78 is 16.3. The smallest absolute Gasteiger partial charge is 0.271 e. The number of imidazole rings is 1. The quantitative estimate of drug-likeness (QED) is 0.465. The van der Waals surface area contributed by atoms with Crippen LogP contribution in [0.2, 0.25) is 0 Å². The third-order valence-electron chi connectivity index (χ3n) is 5.15. The first kappa shape index (κ1) is 18.9. The molecule has 1 saturated carbocycles. The van der Waals surface area contributed by atoms with E-state index in [4.69, 9.17) is 0 Å². The lowest BCUT2D eigenvalue weighted by Crippen LogP contribution is -2.28. The highest BCUT2D eigenvalue weighted by Crippen LogP contribution is 2.27. The third-order valence-corrected chi connectivity index (χ3v) is 5.15. The number of aromatic nitrogens is 5. The van der Waals surface area contributed by atoms with Crippen LogP contribution in [-0.2, 0) is 0 Å². The summed E-state index contributed by atoms with van der Waals surface area (Å²) in [5, 5.41) is 14.7. The Kier molecular flexibility index (Phi) is 4.46.